The molecule has 94 valence electrons. The fraction of sp³-hybridized carbons (Fsp3) is 0.214. The first kappa shape index (κ1) is 12.8. The zero-order chi connectivity index (χ0) is 13.0. The Morgan fingerprint density at radius 1 is 1.22 bits per heavy atom. The van der Waals surface area contributed by atoms with Crippen LogP contribution in [-0.4, -0.2) is 11.1 Å². The van der Waals surface area contributed by atoms with Gasteiger partial charge in [0.05, 0.1) is 12.2 Å². The van der Waals surface area contributed by atoms with Crippen LogP contribution in [0.4, 0.5) is 0 Å². The Kier molecular flexibility index (Phi) is 4.10. The summed E-state index contributed by atoms with van der Waals surface area (Å²) in [5.41, 5.74) is 0.820. The first-order chi connectivity index (χ1) is 8.63. The lowest BCUT2D eigenvalue weighted by molar-refractivity contribution is -0.136. The number of carbonyl (C=O) groups is 1. The van der Waals surface area contributed by atoms with Crippen LogP contribution in [0.3, 0.4) is 0 Å². The molecule has 0 aliphatic rings. The molecule has 18 heavy (non-hydrogen) atoms. The van der Waals surface area contributed by atoms with Gasteiger partial charge in [0, 0.05) is 4.90 Å². The fourth-order valence-electron chi connectivity index (χ4n) is 1.60. The van der Waals surface area contributed by atoms with Crippen LogP contribution in [0.5, 0.6) is 0 Å². The standard InChI is InChI=1S/C14H14O3S/c1-10-2-5-12(17-10)9-18-13-6-3-11(4-7-13)8-14(15)16/h2-7H,8-9H2,1H3,(H,15,16). The van der Waals surface area contributed by atoms with Gasteiger partial charge in [0.15, 0.2) is 0 Å². The van der Waals surface area contributed by atoms with E-state index in [0.717, 1.165) is 27.7 Å². The minimum atomic E-state index is -0.804. The highest BCUT2D eigenvalue weighted by Gasteiger charge is 2.02. The molecule has 0 spiro atoms. The second-order valence-electron chi connectivity index (χ2n) is 4.02. The Labute approximate surface area is 110 Å². The summed E-state index contributed by atoms with van der Waals surface area (Å²) in [4.78, 5) is 11.7. The molecule has 0 unspecified atom stereocenters. The zero-order valence-electron chi connectivity index (χ0n) is 10.1. The summed E-state index contributed by atoms with van der Waals surface area (Å²) in [6, 6.07) is 11.5. The van der Waals surface area contributed by atoms with Gasteiger partial charge in [0.25, 0.3) is 0 Å². The Morgan fingerprint density at radius 3 is 2.50 bits per heavy atom. The van der Waals surface area contributed by atoms with E-state index in [1.165, 1.54) is 0 Å². The summed E-state index contributed by atoms with van der Waals surface area (Å²) in [6.45, 7) is 1.93. The van der Waals surface area contributed by atoms with E-state index in [2.05, 4.69) is 0 Å². The molecule has 2 rings (SSSR count). The molecule has 4 heteroatoms. The van der Waals surface area contributed by atoms with E-state index in [1.54, 1.807) is 11.8 Å². The van der Waals surface area contributed by atoms with Crippen LogP contribution >= 0.6 is 11.8 Å². The van der Waals surface area contributed by atoms with Crippen LogP contribution < -0.4 is 0 Å². The summed E-state index contributed by atoms with van der Waals surface area (Å²) < 4.78 is 5.48. The molecule has 0 bridgehead atoms. The third-order valence-electron chi connectivity index (χ3n) is 2.46. The Hall–Kier alpha value is -1.68. The van der Waals surface area contributed by atoms with Gasteiger partial charge in [-0.05, 0) is 36.8 Å². The number of hydrogen-bond donors (Lipinski definition) is 1. The maximum atomic E-state index is 10.5. The third kappa shape index (κ3) is 3.67. The smallest absolute Gasteiger partial charge is 0.307 e. The molecule has 0 aliphatic heterocycles. The molecule has 1 heterocycles. The second kappa shape index (κ2) is 5.78. The average molecular weight is 262 g/mol. The van der Waals surface area contributed by atoms with Crippen LogP contribution in [0.1, 0.15) is 17.1 Å². The first-order valence-corrected chi connectivity index (χ1v) is 6.61. The predicted molar refractivity (Wildman–Crippen MR) is 70.8 cm³/mol. The normalized spacial score (nSPS) is 10.5. The van der Waals surface area contributed by atoms with E-state index in [-0.39, 0.29) is 6.42 Å². The van der Waals surface area contributed by atoms with Gasteiger partial charge in [-0.15, -0.1) is 11.8 Å². The lowest BCUT2D eigenvalue weighted by Gasteiger charge is -2.01. The number of carboxylic acid groups (broad SMARTS) is 1. The van der Waals surface area contributed by atoms with E-state index < -0.39 is 5.97 Å². The maximum absolute atomic E-state index is 10.5. The van der Waals surface area contributed by atoms with Gasteiger partial charge in [-0.1, -0.05) is 12.1 Å². The summed E-state index contributed by atoms with van der Waals surface area (Å²) in [5, 5.41) is 8.67. The van der Waals surface area contributed by atoms with Gasteiger partial charge in [-0.2, -0.15) is 0 Å². The van der Waals surface area contributed by atoms with Crippen LogP contribution in [0.25, 0.3) is 0 Å². The number of hydrogen-bond acceptors (Lipinski definition) is 3. The minimum absolute atomic E-state index is 0.0718. The van der Waals surface area contributed by atoms with Gasteiger partial charge in [0.1, 0.15) is 11.5 Å². The van der Waals surface area contributed by atoms with Gasteiger partial charge in [-0.25, -0.2) is 0 Å². The van der Waals surface area contributed by atoms with Crippen molar-refractivity contribution in [1.29, 1.82) is 0 Å². The molecule has 3 nitrogen and oxygen atoms in total. The van der Waals surface area contributed by atoms with E-state index in [9.17, 15) is 4.79 Å². The summed E-state index contributed by atoms with van der Waals surface area (Å²) in [7, 11) is 0. The average Bonchev–Trinajstić information content (AvgIpc) is 2.74. The summed E-state index contributed by atoms with van der Waals surface area (Å²) in [5.74, 6) is 1.85. The van der Waals surface area contributed by atoms with Crippen LogP contribution in [0.15, 0.2) is 45.7 Å². The van der Waals surface area contributed by atoms with Crippen molar-refractivity contribution in [2.24, 2.45) is 0 Å². The fourth-order valence-corrected chi connectivity index (χ4v) is 2.39. The van der Waals surface area contributed by atoms with Crippen molar-refractivity contribution in [1.82, 2.24) is 0 Å². The number of furan rings is 1. The highest BCUT2D eigenvalue weighted by Crippen LogP contribution is 2.24. The lowest BCUT2D eigenvalue weighted by Crippen LogP contribution is -1.99. The number of thioether (sulfide) groups is 1. The molecule has 0 radical (unpaired) electrons. The Balaban J connectivity index is 1.92. The van der Waals surface area contributed by atoms with Crippen LogP contribution in [-0.2, 0) is 17.0 Å². The van der Waals surface area contributed by atoms with E-state index in [4.69, 9.17) is 9.52 Å². The molecule has 1 aromatic carbocycles. The van der Waals surface area contributed by atoms with Gasteiger partial charge < -0.3 is 9.52 Å². The highest BCUT2D eigenvalue weighted by atomic mass is 32.2. The molecule has 2 aromatic rings. The van der Waals surface area contributed by atoms with Crippen LogP contribution in [0.2, 0.25) is 0 Å². The van der Waals surface area contributed by atoms with Gasteiger partial charge in [0.2, 0.25) is 0 Å². The predicted octanol–water partition coefficient (Wildman–Crippen LogP) is 3.51. The molecular formula is C14H14O3S. The molecule has 0 saturated carbocycles. The van der Waals surface area contributed by atoms with Crippen molar-refractivity contribution in [3.05, 3.63) is 53.5 Å². The van der Waals surface area contributed by atoms with E-state index in [0.29, 0.717) is 0 Å². The highest BCUT2D eigenvalue weighted by molar-refractivity contribution is 7.98. The minimum Gasteiger partial charge on any atom is -0.481 e. The van der Waals surface area contributed by atoms with Gasteiger partial charge in [-0.3, -0.25) is 4.79 Å². The largest absolute Gasteiger partial charge is 0.481 e. The molecule has 0 saturated heterocycles. The number of carboxylic acids is 1. The summed E-state index contributed by atoms with van der Waals surface area (Å²) >= 11 is 1.67. The number of rotatable bonds is 5. The van der Waals surface area contributed by atoms with E-state index >= 15 is 0 Å². The Morgan fingerprint density at radius 2 is 1.94 bits per heavy atom. The number of benzene rings is 1. The van der Waals surface area contributed by atoms with E-state index in [1.807, 2.05) is 43.3 Å². The van der Waals surface area contributed by atoms with Crippen LogP contribution in [0, 0.1) is 6.92 Å². The topological polar surface area (TPSA) is 50.4 Å². The Bertz CT molecular complexity index is 528. The molecule has 1 N–H and O–H groups in total. The van der Waals surface area contributed by atoms with Crippen molar-refractivity contribution in [3.8, 4) is 0 Å². The van der Waals surface area contributed by atoms with Crippen molar-refractivity contribution < 1.29 is 14.3 Å². The first-order valence-electron chi connectivity index (χ1n) is 5.62. The van der Waals surface area contributed by atoms with Crippen molar-refractivity contribution >= 4 is 17.7 Å². The molecule has 1 aromatic heterocycles. The number of aliphatic carboxylic acids is 1. The zero-order valence-corrected chi connectivity index (χ0v) is 10.9. The lowest BCUT2D eigenvalue weighted by atomic mass is 10.2. The second-order valence-corrected chi connectivity index (χ2v) is 5.06. The quantitative estimate of drug-likeness (QED) is 0.838. The molecular weight excluding hydrogens is 248 g/mol. The third-order valence-corrected chi connectivity index (χ3v) is 3.49. The van der Waals surface area contributed by atoms with Crippen molar-refractivity contribution in [2.75, 3.05) is 0 Å². The molecule has 0 fully saturated rings. The van der Waals surface area contributed by atoms with Crippen molar-refractivity contribution in [2.45, 2.75) is 24.0 Å². The monoisotopic (exact) mass is 262 g/mol. The maximum Gasteiger partial charge on any atom is 0.307 e. The van der Waals surface area contributed by atoms with Crippen molar-refractivity contribution in [3.63, 3.8) is 0 Å². The summed E-state index contributed by atoms with van der Waals surface area (Å²) in [6.07, 6.45) is 0.0718. The molecule has 0 amide bonds. The SMILES string of the molecule is Cc1ccc(CSc2ccc(CC(=O)O)cc2)o1. The molecule has 0 atom stereocenters. The number of aryl methyl sites for hydroxylation is 1. The molecule has 0 aliphatic carbocycles. The van der Waals surface area contributed by atoms with Gasteiger partial charge >= 0.3 is 5.97 Å².